The Morgan fingerprint density at radius 3 is 1.08 bits per heavy atom. The molecular weight excluding hydrogens is 1350 g/mol. The Labute approximate surface area is 578 Å². The molecule has 3 aliphatic heterocycles. The normalized spacial score (nSPS) is 26.5. The molecule has 580 valence electrons. The SMILES string of the molecule is CC(=O)N[C@H]1[C@H](OCCOCCOCCOCC(=O)NCCCC[C@H](NC(=O)[C@H](CCCCNC(=O)COC(C)OCCOCCO[C@@H]2O[C@H](CO)[C@H](O)[C@H](O)[C@H]2NC(C)=O)NC(=O)COC(C)OCCOCCO[C@@H]2O[C@H](CO)[C@H](O)[C@H](O)[C@H]2NC(C)=O)C(=O)O)O[C@H](CO)[C@H](O)[C@@H]1O. The van der Waals surface area contributed by atoms with Gasteiger partial charge in [-0.2, -0.15) is 0 Å². The summed E-state index contributed by atoms with van der Waals surface area (Å²) in [5.74, 6) is -5.37. The smallest absolute Gasteiger partial charge is 0.326 e. The predicted molar refractivity (Wildman–Crippen MR) is 336 cm³/mol. The molecule has 19 atom stereocenters. The number of hydrogen-bond donors (Lipinski definition) is 17. The number of nitrogens with one attached hydrogen (secondary N) is 7. The van der Waals surface area contributed by atoms with Crippen LogP contribution in [0, 0.1) is 0 Å². The lowest BCUT2D eigenvalue weighted by molar-refractivity contribution is -0.272. The summed E-state index contributed by atoms with van der Waals surface area (Å²) in [5, 5.41) is 118. The number of ether oxygens (including phenoxy) is 15. The Bertz CT molecular complexity index is 2350. The summed E-state index contributed by atoms with van der Waals surface area (Å²) in [7, 11) is 0. The summed E-state index contributed by atoms with van der Waals surface area (Å²) in [6.45, 7) is 4.53. The van der Waals surface area contributed by atoms with Crippen LogP contribution in [-0.4, -0.2) is 360 Å². The van der Waals surface area contributed by atoms with Gasteiger partial charge in [-0.05, 0) is 52.4 Å². The Hall–Kier alpha value is -5.20. The standard InChI is InChI=1S/C60H107N7O33/c1-34(71)63-47-53(80)50(77)41(28-68)98-58(47)93-25-20-87-15-14-86-16-17-90-31-44(74)61-12-9-7-11-40(57(84)85)67-56(83)39(66-46(76)33-97-38(5)92-24-19-89-22-27-95-60-49(65-36(3)73)55(82)52(79)43(30-70)100-60)10-6-8-13-62-45(75)32-96-37(4)91-23-18-88-21-26-94-59-48(64-35(2)72)54(81)51(78)42(29-69)99-59/h37-43,47-55,58-60,68-70,77-82H,6-33H2,1-5H3,(H,61,74)(H,62,75)(H,63,71)(H,64,72)(H,65,73)(H,66,76)(H,67,83)(H,84,85)/t37?,38?,39-,40-,41+,42+,43+,47+,48+,49+,50-,51-,52-,53+,54+,55+,58+,59+,60+/m0/s1. The van der Waals surface area contributed by atoms with E-state index in [4.69, 9.17) is 71.1 Å². The van der Waals surface area contributed by atoms with Crippen LogP contribution in [0.25, 0.3) is 0 Å². The maximum absolute atomic E-state index is 13.7. The van der Waals surface area contributed by atoms with Gasteiger partial charge in [0, 0.05) is 33.9 Å². The lowest BCUT2D eigenvalue weighted by Gasteiger charge is -2.42. The summed E-state index contributed by atoms with van der Waals surface area (Å²) < 4.78 is 82.6. The Morgan fingerprint density at radius 2 is 0.720 bits per heavy atom. The van der Waals surface area contributed by atoms with E-state index in [2.05, 4.69) is 37.2 Å². The molecule has 3 saturated heterocycles. The minimum absolute atomic E-state index is 0.00176. The van der Waals surface area contributed by atoms with Gasteiger partial charge >= 0.3 is 5.97 Å². The molecule has 100 heavy (non-hydrogen) atoms. The average Bonchev–Trinajstić information content (AvgIpc) is 0.824. The van der Waals surface area contributed by atoms with E-state index >= 15 is 0 Å². The van der Waals surface area contributed by atoms with Crippen LogP contribution in [0.5, 0.6) is 0 Å². The average molecular weight is 1450 g/mol. The quantitative estimate of drug-likeness (QED) is 0.0199. The third kappa shape index (κ3) is 35.3. The highest BCUT2D eigenvalue weighted by Gasteiger charge is 2.48. The van der Waals surface area contributed by atoms with Crippen molar-refractivity contribution >= 4 is 47.3 Å². The van der Waals surface area contributed by atoms with Gasteiger partial charge in [-0.25, -0.2) is 4.79 Å². The number of aliphatic hydroxyl groups excluding tert-OH is 9. The molecule has 0 aromatic heterocycles. The molecule has 40 nitrogen and oxygen atoms in total. The van der Waals surface area contributed by atoms with E-state index in [0.29, 0.717) is 12.8 Å². The minimum atomic E-state index is -1.49. The van der Waals surface area contributed by atoms with Crippen LogP contribution >= 0.6 is 0 Å². The van der Waals surface area contributed by atoms with Crippen LogP contribution in [-0.2, 0) is 109 Å². The molecule has 3 fully saturated rings. The van der Waals surface area contributed by atoms with Crippen LogP contribution < -0.4 is 37.2 Å². The third-order valence-corrected chi connectivity index (χ3v) is 15.1. The van der Waals surface area contributed by atoms with Gasteiger partial charge in [0.25, 0.3) is 0 Å². The highest BCUT2D eigenvalue weighted by atomic mass is 16.7. The van der Waals surface area contributed by atoms with Crippen molar-refractivity contribution in [3.63, 3.8) is 0 Å². The number of amides is 7. The summed E-state index contributed by atoms with van der Waals surface area (Å²) in [6, 6.07) is -5.98. The van der Waals surface area contributed by atoms with E-state index < -0.39 is 190 Å². The molecule has 0 aliphatic carbocycles. The van der Waals surface area contributed by atoms with E-state index in [1.54, 1.807) is 6.92 Å². The zero-order valence-electron chi connectivity index (χ0n) is 57.1. The van der Waals surface area contributed by atoms with Gasteiger partial charge < -0.3 is 159 Å². The fourth-order valence-corrected chi connectivity index (χ4v) is 9.88. The molecule has 0 bridgehead atoms. The molecule has 0 aromatic rings. The first-order valence-electron chi connectivity index (χ1n) is 33.1. The largest absolute Gasteiger partial charge is 0.480 e. The topological polar surface area (TPSA) is 562 Å². The van der Waals surface area contributed by atoms with Gasteiger partial charge in [0.1, 0.15) is 105 Å². The molecule has 3 aliphatic rings. The molecule has 2 unspecified atom stereocenters. The fourth-order valence-electron chi connectivity index (χ4n) is 9.88. The van der Waals surface area contributed by atoms with Gasteiger partial charge in [0.2, 0.25) is 41.4 Å². The van der Waals surface area contributed by atoms with Gasteiger partial charge in [0.15, 0.2) is 31.5 Å². The highest BCUT2D eigenvalue weighted by Crippen LogP contribution is 2.25. The number of aliphatic hydroxyl groups is 9. The molecule has 7 amide bonds. The molecule has 0 saturated carbocycles. The first-order valence-corrected chi connectivity index (χ1v) is 33.1. The van der Waals surface area contributed by atoms with Crippen LogP contribution in [0.3, 0.4) is 0 Å². The van der Waals surface area contributed by atoms with Gasteiger partial charge in [0.05, 0.1) is 112 Å². The van der Waals surface area contributed by atoms with Crippen molar-refractivity contribution in [2.45, 2.75) is 190 Å². The summed E-state index contributed by atoms with van der Waals surface area (Å²) in [6.07, 6.45) is -16.5. The van der Waals surface area contributed by atoms with Crippen molar-refractivity contribution in [2.24, 2.45) is 0 Å². The Morgan fingerprint density at radius 1 is 0.390 bits per heavy atom. The van der Waals surface area contributed by atoms with Crippen LogP contribution in [0.15, 0.2) is 0 Å². The second kappa shape index (κ2) is 51.0. The number of carboxylic acids is 1. The van der Waals surface area contributed by atoms with Crippen molar-refractivity contribution in [2.75, 3.05) is 145 Å². The number of aliphatic carboxylic acids is 1. The number of unbranched alkanes of at least 4 members (excludes halogenated alkanes) is 2. The minimum Gasteiger partial charge on any atom is -0.480 e. The van der Waals surface area contributed by atoms with Crippen LogP contribution in [0.2, 0.25) is 0 Å². The molecule has 40 heteroatoms. The number of carboxylic acid groups (broad SMARTS) is 1. The lowest BCUT2D eigenvalue weighted by atomic mass is 9.97. The second-order valence-corrected chi connectivity index (χ2v) is 23.1. The second-order valence-electron chi connectivity index (χ2n) is 23.1. The van der Waals surface area contributed by atoms with E-state index in [9.17, 15) is 89.4 Å². The number of hydrogen-bond acceptors (Lipinski definition) is 32. The van der Waals surface area contributed by atoms with Crippen LogP contribution in [0.4, 0.5) is 0 Å². The van der Waals surface area contributed by atoms with E-state index in [1.165, 1.54) is 27.7 Å². The van der Waals surface area contributed by atoms with Crippen molar-refractivity contribution in [3.05, 3.63) is 0 Å². The maximum atomic E-state index is 13.7. The van der Waals surface area contributed by atoms with E-state index in [-0.39, 0.29) is 144 Å². The summed E-state index contributed by atoms with van der Waals surface area (Å²) >= 11 is 0. The maximum Gasteiger partial charge on any atom is 0.326 e. The predicted octanol–water partition coefficient (Wildman–Crippen LogP) is -8.66. The molecular formula is C60H107N7O33. The first kappa shape index (κ1) is 89.0. The Balaban J connectivity index is 1.38. The zero-order chi connectivity index (χ0) is 73.9. The van der Waals surface area contributed by atoms with E-state index in [1.807, 2.05) is 0 Å². The van der Waals surface area contributed by atoms with Crippen molar-refractivity contribution in [3.8, 4) is 0 Å². The zero-order valence-corrected chi connectivity index (χ0v) is 57.1. The number of carbonyl (C=O) groups excluding carboxylic acids is 7. The lowest BCUT2D eigenvalue weighted by Crippen LogP contribution is -2.64. The fraction of sp³-hybridized carbons (Fsp3) is 0.867. The van der Waals surface area contributed by atoms with Crippen LogP contribution in [0.1, 0.15) is 73.1 Å². The Kier molecular flexibility index (Phi) is 45.4. The highest BCUT2D eigenvalue weighted by molar-refractivity contribution is 5.90. The third-order valence-electron chi connectivity index (χ3n) is 15.1. The first-order chi connectivity index (χ1) is 47.8. The summed E-state index contributed by atoms with van der Waals surface area (Å²) in [5.41, 5.74) is 0. The molecule has 3 heterocycles. The molecule has 0 radical (unpaired) electrons. The van der Waals surface area contributed by atoms with Gasteiger partial charge in [-0.15, -0.1) is 0 Å². The van der Waals surface area contributed by atoms with E-state index in [0.717, 1.165) is 0 Å². The molecule has 0 aromatic carbocycles. The molecule has 17 N–H and O–H groups in total. The monoisotopic (exact) mass is 1450 g/mol. The summed E-state index contributed by atoms with van der Waals surface area (Å²) in [4.78, 5) is 99.3. The molecule has 0 spiro atoms. The van der Waals surface area contributed by atoms with Gasteiger partial charge in [-0.3, -0.25) is 33.6 Å². The van der Waals surface area contributed by atoms with Crippen molar-refractivity contribution < 1.29 is 160 Å². The number of carbonyl (C=O) groups is 8. The van der Waals surface area contributed by atoms with Crippen molar-refractivity contribution in [1.29, 1.82) is 0 Å². The van der Waals surface area contributed by atoms with Gasteiger partial charge in [-0.1, -0.05) is 0 Å². The number of rotatable bonds is 54. The van der Waals surface area contributed by atoms with Crippen molar-refractivity contribution in [1.82, 2.24) is 37.2 Å². The molecule has 3 rings (SSSR count).